The molecule has 1 saturated carbocycles. The molecule has 1 saturated heterocycles. The lowest BCUT2D eigenvalue weighted by Gasteiger charge is -2.35. The molecule has 1 amide bonds. The van der Waals surface area contributed by atoms with Gasteiger partial charge in [0.2, 0.25) is 5.91 Å². The number of carbonyl (C=O) groups is 1. The van der Waals surface area contributed by atoms with Crippen LogP contribution in [0.3, 0.4) is 0 Å². The van der Waals surface area contributed by atoms with Crippen LogP contribution in [0.2, 0.25) is 0 Å². The molecule has 0 bridgehead atoms. The van der Waals surface area contributed by atoms with E-state index in [1.54, 1.807) is 0 Å². The molecule has 6 heteroatoms. The molecular weight excluding hydrogens is 286 g/mol. The number of rotatable bonds is 7. The summed E-state index contributed by atoms with van der Waals surface area (Å²) in [7, 11) is -0.621. The van der Waals surface area contributed by atoms with Gasteiger partial charge in [0, 0.05) is 35.4 Å². The van der Waals surface area contributed by atoms with Crippen LogP contribution in [0.5, 0.6) is 0 Å². The summed E-state index contributed by atoms with van der Waals surface area (Å²) in [5.74, 6) is 1.74. The van der Waals surface area contributed by atoms with Crippen LogP contribution in [0.15, 0.2) is 0 Å². The van der Waals surface area contributed by atoms with E-state index in [4.69, 9.17) is 5.73 Å². The summed E-state index contributed by atoms with van der Waals surface area (Å²) < 4.78 is 11.4. The monoisotopic (exact) mass is 315 g/mol. The Hall–Kier alpha value is -0.460. The van der Waals surface area contributed by atoms with E-state index in [0.29, 0.717) is 5.92 Å². The van der Waals surface area contributed by atoms with Crippen molar-refractivity contribution in [2.24, 2.45) is 11.7 Å². The molecule has 0 spiro atoms. The highest BCUT2D eigenvalue weighted by Gasteiger charge is 2.46. The summed E-state index contributed by atoms with van der Waals surface area (Å²) in [6.07, 6.45) is 5.05. The van der Waals surface area contributed by atoms with Gasteiger partial charge in [0.05, 0.1) is 0 Å². The molecule has 1 aliphatic heterocycles. The first-order valence-corrected chi connectivity index (χ1v) is 9.69. The highest BCUT2D eigenvalue weighted by atomic mass is 32.2. The van der Waals surface area contributed by atoms with Crippen molar-refractivity contribution in [3.63, 3.8) is 0 Å². The molecule has 1 aliphatic carbocycles. The molecule has 2 rings (SSSR count). The van der Waals surface area contributed by atoms with E-state index >= 15 is 0 Å². The molecule has 3 N–H and O–H groups in total. The quantitative estimate of drug-likeness (QED) is 0.716. The van der Waals surface area contributed by atoms with Gasteiger partial charge in [-0.3, -0.25) is 9.00 Å². The van der Waals surface area contributed by atoms with E-state index in [-0.39, 0.29) is 5.91 Å². The molecule has 0 radical (unpaired) electrons. The predicted molar refractivity (Wildman–Crippen MR) is 86.5 cm³/mol. The second-order valence-electron chi connectivity index (χ2n) is 6.33. The van der Waals surface area contributed by atoms with Crippen LogP contribution in [0.25, 0.3) is 0 Å². The van der Waals surface area contributed by atoms with E-state index in [0.717, 1.165) is 69.8 Å². The highest BCUT2D eigenvalue weighted by molar-refractivity contribution is 7.85. The van der Waals surface area contributed by atoms with Crippen molar-refractivity contribution >= 4 is 16.7 Å². The molecule has 0 aromatic rings. The summed E-state index contributed by atoms with van der Waals surface area (Å²) in [5.41, 5.74) is 5.24. The molecule has 122 valence electrons. The second-order valence-corrected chi connectivity index (χ2v) is 8.03. The van der Waals surface area contributed by atoms with Crippen molar-refractivity contribution in [3.05, 3.63) is 0 Å². The van der Waals surface area contributed by atoms with E-state index in [1.807, 2.05) is 0 Å². The lowest BCUT2D eigenvalue weighted by molar-refractivity contribution is -0.126. The zero-order valence-corrected chi connectivity index (χ0v) is 13.9. The van der Waals surface area contributed by atoms with E-state index < -0.39 is 16.3 Å². The summed E-state index contributed by atoms with van der Waals surface area (Å²) in [5, 5.41) is 3.45. The summed E-state index contributed by atoms with van der Waals surface area (Å²) in [4.78, 5) is 14.4. The van der Waals surface area contributed by atoms with Crippen molar-refractivity contribution in [2.75, 3.05) is 37.7 Å². The van der Waals surface area contributed by atoms with Crippen molar-refractivity contribution < 1.29 is 9.00 Å². The fourth-order valence-electron chi connectivity index (χ4n) is 3.70. The Morgan fingerprint density at radius 1 is 1.43 bits per heavy atom. The van der Waals surface area contributed by atoms with Crippen molar-refractivity contribution in [3.8, 4) is 0 Å². The fraction of sp³-hybridized carbons (Fsp3) is 0.933. The Bertz CT molecular complexity index is 381. The van der Waals surface area contributed by atoms with Gasteiger partial charge in [-0.2, -0.15) is 0 Å². The van der Waals surface area contributed by atoms with Gasteiger partial charge in [0.25, 0.3) is 0 Å². The number of amides is 1. The normalized spacial score (nSPS) is 31.6. The average Bonchev–Trinajstić information content (AvgIpc) is 2.89. The number of nitrogens with one attached hydrogen (secondary N) is 1. The highest BCUT2D eigenvalue weighted by Crippen LogP contribution is 2.38. The molecule has 0 aromatic heterocycles. The zero-order chi connectivity index (χ0) is 15.3. The van der Waals surface area contributed by atoms with Crippen LogP contribution in [0.1, 0.15) is 39.0 Å². The molecule has 2 unspecified atom stereocenters. The van der Waals surface area contributed by atoms with Crippen LogP contribution in [-0.4, -0.2) is 58.2 Å². The smallest absolute Gasteiger partial charge is 0.238 e. The number of nitrogens with zero attached hydrogens (tertiary/aromatic N) is 1. The van der Waals surface area contributed by atoms with Crippen molar-refractivity contribution in [1.29, 1.82) is 0 Å². The zero-order valence-electron chi connectivity index (χ0n) is 13.1. The maximum atomic E-state index is 12.0. The maximum Gasteiger partial charge on any atom is 0.238 e. The number of hydrogen-bond acceptors (Lipinski definition) is 4. The van der Waals surface area contributed by atoms with Gasteiger partial charge in [-0.25, -0.2) is 0 Å². The number of primary amides is 1. The fourth-order valence-corrected chi connectivity index (χ4v) is 4.83. The molecule has 2 atom stereocenters. The van der Waals surface area contributed by atoms with E-state index in [9.17, 15) is 9.00 Å². The van der Waals surface area contributed by atoms with Gasteiger partial charge < -0.3 is 16.0 Å². The minimum Gasteiger partial charge on any atom is -0.368 e. The molecular formula is C15H29N3O2S. The van der Waals surface area contributed by atoms with E-state index in [2.05, 4.69) is 17.1 Å². The predicted octanol–water partition coefficient (Wildman–Crippen LogP) is 0.465. The summed E-state index contributed by atoms with van der Waals surface area (Å²) >= 11 is 0. The van der Waals surface area contributed by atoms with Gasteiger partial charge in [-0.1, -0.05) is 13.3 Å². The Morgan fingerprint density at radius 3 is 2.76 bits per heavy atom. The largest absolute Gasteiger partial charge is 0.368 e. The first-order valence-electron chi connectivity index (χ1n) is 8.20. The SMILES string of the molecule is CCCNC1(C(N)=O)CCCC1CCN1CCS(=O)CC1. The summed E-state index contributed by atoms with van der Waals surface area (Å²) in [6.45, 7) is 5.79. The van der Waals surface area contributed by atoms with Crippen LogP contribution >= 0.6 is 0 Å². The maximum absolute atomic E-state index is 12.0. The number of hydrogen-bond donors (Lipinski definition) is 2. The first-order chi connectivity index (χ1) is 10.1. The van der Waals surface area contributed by atoms with Crippen molar-refractivity contribution in [1.82, 2.24) is 10.2 Å². The van der Waals surface area contributed by atoms with Crippen LogP contribution < -0.4 is 11.1 Å². The second kappa shape index (κ2) is 7.70. The van der Waals surface area contributed by atoms with Crippen LogP contribution in [-0.2, 0) is 15.6 Å². The minimum atomic E-state index is -0.621. The van der Waals surface area contributed by atoms with Gasteiger partial charge in [-0.15, -0.1) is 0 Å². The summed E-state index contributed by atoms with van der Waals surface area (Å²) in [6, 6.07) is 0. The lowest BCUT2D eigenvalue weighted by Crippen LogP contribution is -2.58. The average molecular weight is 315 g/mol. The third-order valence-corrected chi connectivity index (χ3v) is 6.29. The first kappa shape index (κ1) is 16.9. The lowest BCUT2D eigenvalue weighted by atomic mass is 9.83. The van der Waals surface area contributed by atoms with Crippen LogP contribution in [0, 0.1) is 5.92 Å². The topological polar surface area (TPSA) is 75.4 Å². The number of carbonyl (C=O) groups excluding carboxylic acids is 1. The molecule has 1 heterocycles. The standard InChI is InChI=1S/C15H29N3O2S/c1-2-7-17-15(14(16)19)6-3-4-13(15)5-8-18-9-11-21(20)12-10-18/h13,17H,2-12H2,1H3,(H2,16,19). The van der Waals surface area contributed by atoms with Crippen molar-refractivity contribution in [2.45, 2.75) is 44.6 Å². The van der Waals surface area contributed by atoms with Gasteiger partial charge in [0.15, 0.2) is 0 Å². The molecule has 5 nitrogen and oxygen atoms in total. The Labute approximate surface area is 130 Å². The number of nitrogens with two attached hydrogens (primary N) is 1. The minimum absolute atomic E-state index is 0.182. The third kappa shape index (κ3) is 4.05. The molecule has 21 heavy (non-hydrogen) atoms. The Morgan fingerprint density at radius 2 is 2.14 bits per heavy atom. The Kier molecular flexibility index (Phi) is 6.20. The van der Waals surface area contributed by atoms with Gasteiger partial charge in [0.1, 0.15) is 5.54 Å². The van der Waals surface area contributed by atoms with Gasteiger partial charge >= 0.3 is 0 Å². The van der Waals surface area contributed by atoms with Gasteiger partial charge in [-0.05, 0) is 44.7 Å². The molecule has 2 fully saturated rings. The Balaban J connectivity index is 1.90. The third-order valence-electron chi connectivity index (χ3n) is 5.01. The molecule has 2 aliphatic rings. The van der Waals surface area contributed by atoms with Crippen LogP contribution in [0.4, 0.5) is 0 Å². The molecule has 0 aromatic carbocycles. The van der Waals surface area contributed by atoms with E-state index in [1.165, 1.54) is 0 Å².